The molecule has 1 fully saturated rings. The maximum atomic E-state index is 11.5. The second-order valence-corrected chi connectivity index (χ2v) is 7.42. The first kappa shape index (κ1) is 20.6. The molecule has 4 nitrogen and oxygen atoms in total. The lowest BCUT2D eigenvalue weighted by atomic mass is 9.91. The smallest absolute Gasteiger partial charge is 0.332 e. The van der Waals surface area contributed by atoms with E-state index in [1.54, 1.807) is 0 Å². The molecule has 0 radical (unpaired) electrons. The summed E-state index contributed by atoms with van der Waals surface area (Å²) in [5.74, 6) is -0.264. The quantitative estimate of drug-likeness (QED) is 0.596. The van der Waals surface area contributed by atoms with Gasteiger partial charge in [-0.1, -0.05) is 60.7 Å². The minimum absolute atomic E-state index is 0.0704. The molecule has 0 aromatic heterocycles. The summed E-state index contributed by atoms with van der Waals surface area (Å²) >= 11 is 0. The Morgan fingerprint density at radius 2 is 1.43 bits per heavy atom. The van der Waals surface area contributed by atoms with Crippen LogP contribution in [-0.2, 0) is 27.4 Å². The van der Waals surface area contributed by atoms with Crippen LogP contribution in [-0.4, -0.2) is 36.2 Å². The number of carbonyl (C=O) groups is 1. The Kier molecular flexibility index (Phi) is 8.07. The normalized spacial score (nSPS) is 19.5. The second-order valence-electron chi connectivity index (χ2n) is 7.42. The Morgan fingerprint density at radius 3 is 1.93 bits per heavy atom. The molecule has 0 heterocycles. The molecule has 28 heavy (non-hydrogen) atoms. The average Bonchev–Trinajstić information content (AvgIpc) is 2.74. The van der Waals surface area contributed by atoms with Gasteiger partial charge in [-0.15, -0.1) is 0 Å². The van der Waals surface area contributed by atoms with Crippen LogP contribution in [0.15, 0.2) is 60.7 Å². The van der Waals surface area contributed by atoms with E-state index in [1.807, 2.05) is 6.92 Å². The van der Waals surface area contributed by atoms with Gasteiger partial charge in [0.25, 0.3) is 0 Å². The molecule has 0 aliphatic heterocycles. The van der Waals surface area contributed by atoms with Gasteiger partial charge in [0.15, 0.2) is 0 Å². The molecule has 0 bridgehead atoms. The van der Waals surface area contributed by atoms with E-state index < -0.39 is 0 Å². The molecule has 2 aromatic carbocycles. The van der Waals surface area contributed by atoms with E-state index in [0.29, 0.717) is 12.6 Å². The Labute approximate surface area is 168 Å². The van der Waals surface area contributed by atoms with Gasteiger partial charge >= 0.3 is 5.97 Å². The third-order valence-corrected chi connectivity index (χ3v) is 5.36. The predicted octanol–water partition coefficient (Wildman–Crippen LogP) is 4.58. The average molecular weight is 382 g/mol. The number of ether oxygens (including phenoxy) is 2. The van der Waals surface area contributed by atoms with Crippen LogP contribution >= 0.6 is 0 Å². The summed E-state index contributed by atoms with van der Waals surface area (Å²) < 4.78 is 10.7. The van der Waals surface area contributed by atoms with Crippen LogP contribution in [0.1, 0.15) is 43.7 Å². The third-order valence-electron chi connectivity index (χ3n) is 5.36. The summed E-state index contributed by atoms with van der Waals surface area (Å²) in [6.45, 7) is 4.20. The summed E-state index contributed by atoms with van der Waals surface area (Å²) in [6, 6.07) is 21.9. The fourth-order valence-electron chi connectivity index (χ4n) is 3.92. The molecule has 4 heteroatoms. The van der Waals surface area contributed by atoms with Crippen molar-refractivity contribution < 1.29 is 14.3 Å². The highest BCUT2D eigenvalue weighted by molar-refractivity contribution is 5.70. The lowest BCUT2D eigenvalue weighted by molar-refractivity contribution is -0.151. The van der Waals surface area contributed by atoms with Crippen molar-refractivity contribution in [1.82, 2.24) is 4.90 Å². The molecule has 0 saturated heterocycles. The molecular formula is C24H31NO3. The molecule has 0 spiro atoms. The zero-order chi connectivity index (χ0) is 19.6. The molecule has 0 N–H and O–H groups in total. The van der Waals surface area contributed by atoms with Crippen LogP contribution in [0.2, 0.25) is 0 Å². The number of benzene rings is 2. The summed E-state index contributed by atoms with van der Waals surface area (Å²) in [5.41, 5.74) is 2.69. The van der Waals surface area contributed by atoms with E-state index in [9.17, 15) is 4.79 Å². The fraction of sp³-hybridized carbons (Fsp3) is 0.458. The maximum absolute atomic E-state index is 11.5. The first-order valence-corrected chi connectivity index (χ1v) is 10.3. The second kappa shape index (κ2) is 11.0. The third kappa shape index (κ3) is 6.47. The monoisotopic (exact) mass is 381 g/mol. The molecule has 2 aromatic rings. The molecule has 0 amide bonds. The molecular weight excluding hydrogens is 350 g/mol. The van der Waals surface area contributed by atoms with E-state index in [4.69, 9.17) is 9.47 Å². The van der Waals surface area contributed by atoms with Crippen LogP contribution in [0.3, 0.4) is 0 Å². The van der Waals surface area contributed by atoms with E-state index in [1.165, 1.54) is 11.1 Å². The number of esters is 1. The molecule has 1 saturated carbocycles. The first-order valence-electron chi connectivity index (χ1n) is 10.3. The van der Waals surface area contributed by atoms with Crippen molar-refractivity contribution >= 4 is 5.97 Å². The Morgan fingerprint density at radius 1 is 0.893 bits per heavy atom. The van der Waals surface area contributed by atoms with Crippen molar-refractivity contribution in [1.29, 1.82) is 0 Å². The van der Waals surface area contributed by atoms with Crippen LogP contribution in [0.25, 0.3) is 0 Å². The molecule has 0 unspecified atom stereocenters. The Balaban J connectivity index is 1.57. The van der Waals surface area contributed by atoms with Gasteiger partial charge in [-0.25, -0.2) is 4.79 Å². The first-order chi connectivity index (χ1) is 13.7. The Bertz CT molecular complexity index is 655. The molecule has 3 rings (SSSR count). The van der Waals surface area contributed by atoms with Gasteiger partial charge in [-0.05, 0) is 43.7 Å². The standard InChI is InChI=1S/C24H31NO3/c1-2-27-24(26)19-28-23-15-13-22(14-16-23)25(17-20-9-5-3-6-10-20)18-21-11-7-4-8-12-21/h3-12,22-23H,2,13-19H2,1H3/t22-,23-. The van der Waals surface area contributed by atoms with Gasteiger partial charge in [0.1, 0.15) is 6.61 Å². The van der Waals surface area contributed by atoms with Gasteiger partial charge in [0, 0.05) is 19.1 Å². The van der Waals surface area contributed by atoms with Crippen LogP contribution in [0.5, 0.6) is 0 Å². The fourth-order valence-corrected chi connectivity index (χ4v) is 3.92. The summed E-state index contributed by atoms with van der Waals surface area (Å²) in [4.78, 5) is 14.1. The van der Waals surface area contributed by atoms with Gasteiger partial charge < -0.3 is 9.47 Å². The number of hydrogen-bond donors (Lipinski definition) is 0. The van der Waals surface area contributed by atoms with Crippen molar-refractivity contribution in [2.45, 2.75) is 57.8 Å². The lowest BCUT2D eigenvalue weighted by Gasteiger charge is -2.37. The minimum Gasteiger partial charge on any atom is -0.464 e. The van der Waals surface area contributed by atoms with E-state index in [-0.39, 0.29) is 18.7 Å². The van der Waals surface area contributed by atoms with Crippen LogP contribution in [0, 0.1) is 0 Å². The SMILES string of the molecule is CCOC(=O)CO[C@H]1CC[C@H](N(Cc2ccccc2)Cc2ccccc2)CC1. The van der Waals surface area contributed by atoms with Crippen molar-refractivity contribution in [3.05, 3.63) is 71.8 Å². The number of carbonyl (C=O) groups excluding carboxylic acids is 1. The van der Waals surface area contributed by atoms with Crippen molar-refractivity contribution in [2.24, 2.45) is 0 Å². The van der Waals surface area contributed by atoms with Gasteiger partial charge in [-0.2, -0.15) is 0 Å². The van der Waals surface area contributed by atoms with Gasteiger partial charge in [0.2, 0.25) is 0 Å². The zero-order valence-corrected chi connectivity index (χ0v) is 16.8. The highest BCUT2D eigenvalue weighted by Gasteiger charge is 2.27. The molecule has 150 valence electrons. The highest BCUT2D eigenvalue weighted by atomic mass is 16.6. The summed E-state index contributed by atoms with van der Waals surface area (Å²) in [7, 11) is 0. The van der Waals surface area contributed by atoms with E-state index in [2.05, 4.69) is 65.6 Å². The predicted molar refractivity (Wildman–Crippen MR) is 111 cm³/mol. The maximum Gasteiger partial charge on any atom is 0.332 e. The van der Waals surface area contributed by atoms with Crippen molar-refractivity contribution in [2.75, 3.05) is 13.2 Å². The molecule has 1 aliphatic carbocycles. The van der Waals surface area contributed by atoms with Crippen molar-refractivity contribution in [3.63, 3.8) is 0 Å². The van der Waals surface area contributed by atoms with Gasteiger partial charge in [-0.3, -0.25) is 4.90 Å². The summed E-state index contributed by atoms with van der Waals surface area (Å²) in [5, 5.41) is 0. The van der Waals surface area contributed by atoms with E-state index in [0.717, 1.165) is 38.8 Å². The van der Waals surface area contributed by atoms with Gasteiger partial charge in [0.05, 0.1) is 12.7 Å². The van der Waals surface area contributed by atoms with E-state index >= 15 is 0 Å². The zero-order valence-electron chi connectivity index (χ0n) is 16.8. The molecule has 0 atom stereocenters. The van der Waals surface area contributed by atoms with Crippen molar-refractivity contribution in [3.8, 4) is 0 Å². The topological polar surface area (TPSA) is 38.8 Å². The Hall–Kier alpha value is -2.17. The minimum atomic E-state index is -0.264. The van der Waals surface area contributed by atoms with Crippen LogP contribution < -0.4 is 0 Å². The lowest BCUT2D eigenvalue weighted by Crippen LogP contribution is -2.39. The molecule has 1 aliphatic rings. The number of nitrogens with zero attached hydrogens (tertiary/aromatic N) is 1. The largest absolute Gasteiger partial charge is 0.464 e. The highest BCUT2D eigenvalue weighted by Crippen LogP contribution is 2.27. The number of rotatable bonds is 9. The van der Waals surface area contributed by atoms with Crippen LogP contribution in [0.4, 0.5) is 0 Å². The number of hydrogen-bond acceptors (Lipinski definition) is 4. The summed E-state index contributed by atoms with van der Waals surface area (Å²) in [6.07, 6.45) is 4.32.